The first-order valence-electron chi connectivity index (χ1n) is 8.76. The zero-order chi connectivity index (χ0) is 20.6. The van der Waals surface area contributed by atoms with E-state index in [1.54, 1.807) is 13.8 Å². The lowest BCUT2D eigenvalue weighted by Gasteiger charge is -2.25. The molecule has 9 heteroatoms. The van der Waals surface area contributed by atoms with E-state index >= 15 is 0 Å². The molecule has 0 fully saturated rings. The summed E-state index contributed by atoms with van der Waals surface area (Å²) in [5.41, 5.74) is 5.78. The first-order valence-corrected chi connectivity index (χ1v) is 8.76. The largest absolute Gasteiger partial charge is 0.480 e. The molecule has 0 aromatic rings. The summed E-state index contributed by atoms with van der Waals surface area (Å²) in [6, 6.07) is -3.60. The van der Waals surface area contributed by atoms with Gasteiger partial charge in [-0.1, -0.05) is 27.7 Å². The van der Waals surface area contributed by atoms with Crippen molar-refractivity contribution in [2.24, 2.45) is 17.6 Å². The molecule has 150 valence electrons. The van der Waals surface area contributed by atoms with Gasteiger partial charge in [0.1, 0.15) is 18.1 Å². The summed E-state index contributed by atoms with van der Waals surface area (Å²) in [4.78, 5) is 47.4. The molecule has 0 aromatic heterocycles. The van der Waals surface area contributed by atoms with Gasteiger partial charge in [0.05, 0.1) is 6.04 Å². The Morgan fingerprint density at radius 3 is 1.73 bits per heavy atom. The second kappa shape index (κ2) is 10.7. The van der Waals surface area contributed by atoms with Crippen LogP contribution in [0.1, 0.15) is 48.0 Å². The van der Waals surface area contributed by atoms with E-state index in [1.165, 1.54) is 13.8 Å². The molecule has 4 unspecified atom stereocenters. The lowest BCUT2D eigenvalue weighted by atomic mass is 10.0. The predicted molar refractivity (Wildman–Crippen MR) is 97.0 cm³/mol. The van der Waals surface area contributed by atoms with Gasteiger partial charge in [-0.3, -0.25) is 19.2 Å². The number of hydrogen-bond acceptors (Lipinski definition) is 5. The molecule has 0 bridgehead atoms. The smallest absolute Gasteiger partial charge is 0.325 e. The summed E-state index contributed by atoms with van der Waals surface area (Å²) in [6.07, 6.45) is 0.490. The number of hydrogen-bond donors (Lipinski definition) is 5. The number of rotatable bonds is 10. The first kappa shape index (κ1) is 23.8. The number of carbonyl (C=O) groups is 4. The van der Waals surface area contributed by atoms with Crippen LogP contribution in [0.2, 0.25) is 0 Å². The van der Waals surface area contributed by atoms with Gasteiger partial charge in [-0.25, -0.2) is 0 Å². The van der Waals surface area contributed by atoms with Gasteiger partial charge in [-0.15, -0.1) is 0 Å². The summed E-state index contributed by atoms with van der Waals surface area (Å²) >= 11 is 0. The SMILES string of the molecule is CC(C)CC(N)C(=O)NC(C)C(=O)NC(C(=O)NC(C)C(=O)O)C(C)C. The molecule has 0 aliphatic rings. The van der Waals surface area contributed by atoms with Crippen LogP contribution in [0.15, 0.2) is 0 Å². The summed E-state index contributed by atoms with van der Waals surface area (Å²) in [6.45, 7) is 10.1. The molecule has 0 heterocycles. The monoisotopic (exact) mass is 372 g/mol. The molecule has 0 aromatic carbocycles. The number of carboxylic acids is 1. The molecular formula is C17H32N4O5. The fourth-order valence-corrected chi connectivity index (χ4v) is 2.18. The summed E-state index contributed by atoms with van der Waals surface area (Å²) < 4.78 is 0. The Hall–Kier alpha value is -2.16. The molecule has 4 atom stereocenters. The van der Waals surface area contributed by atoms with Crippen LogP contribution in [-0.4, -0.2) is 53.0 Å². The van der Waals surface area contributed by atoms with Gasteiger partial charge in [0.15, 0.2) is 0 Å². The average molecular weight is 372 g/mol. The molecule has 6 N–H and O–H groups in total. The van der Waals surface area contributed by atoms with Crippen molar-refractivity contribution >= 4 is 23.7 Å². The van der Waals surface area contributed by atoms with Crippen molar-refractivity contribution < 1.29 is 24.3 Å². The first-order chi connectivity index (χ1) is 11.9. The quantitative estimate of drug-likeness (QED) is 0.352. The highest BCUT2D eigenvalue weighted by Crippen LogP contribution is 2.05. The van der Waals surface area contributed by atoms with Gasteiger partial charge >= 0.3 is 5.97 Å². The highest BCUT2D eigenvalue weighted by atomic mass is 16.4. The minimum absolute atomic E-state index is 0.241. The molecule has 0 saturated carbocycles. The number of carboxylic acid groups (broad SMARTS) is 1. The Kier molecular flexibility index (Phi) is 9.85. The Labute approximate surface area is 154 Å². The lowest BCUT2D eigenvalue weighted by Crippen LogP contribution is -2.57. The number of nitrogens with two attached hydrogens (primary N) is 1. The van der Waals surface area contributed by atoms with E-state index in [-0.39, 0.29) is 11.8 Å². The third kappa shape index (κ3) is 8.28. The van der Waals surface area contributed by atoms with Crippen molar-refractivity contribution in [1.29, 1.82) is 0 Å². The molecule has 26 heavy (non-hydrogen) atoms. The van der Waals surface area contributed by atoms with Crippen molar-refractivity contribution in [3.8, 4) is 0 Å². The maximum atomic E-state index is 12.3. The van der Waals surface area contributed by atoms with Crippen LogP contribution in [0.5, 0.6) is 0 Å². The Bertz CT molecular complexity index is 521. The van der Waals surface area contributed by atoms with Gasteiger partial charge in [-0.2, -0.15) is 0 Å². The maximum absolute atomic E-state index is 12.3. The minimum atomic E-state index is -1.17. The topological polar surface area (TPSA) is 151 Å². The molecule has 0 rings (SSSR count). The molecule has 0 aliphatic carbocycles. The highest BCUT2D eigenvalue weighted by Gasteiger charge is 2.29. The molecule has 0 spiro atoms. The lowest BCUT2D eigenvalue weighted by molar-refractivity contribution is -0.142. The second-order valence-electron chi connectivity index (χ2n) is 7.27. The van der Waals surface area contributed by atoms with Gasteiger partial charge in [0.25, 0.3) is 0 Å². The fraction of sp³-hybridized carbons (Fsp3) is 0.765. The van der Waals surface area contributed by atoms with Crippen molar-refractivity contribution in [1.82, 2.24) is 16.0 Å². The third-order valence-corrected chi connectivity index (χ3v) is 3.79. The van der Waals surface area contributed by atoms with E-state index < -0.39 is 47.9 Å². The van der Waals surface area contributed by atoms with Crippen molar-refractivity contribution in [3.05, 3.63) is 0 Å². The van der Waals surface area contributed by atoms with Crippen molar-refractivity contribution in [3.63, 3.8) is 0 Å². The molecule has 0 aliphatic heterocycles. The molecule has 3 amide bonds. The number of carbonyl (C=O) groups excluding carboxylic acids is 3. The van der Waals surface area contributed by atoms with E-state index in [9.17, 15) is 19.2 Å². The van der Waals surface area contributed by atoms with Gasteiger partial charge in [-0.05, 0) is 32.1 Å². The number of aliphatic carboxylic acids is 1. The fourth-order valence-electron chi connectivity index (χ4n) is 2.18. The van der Waals surface area contributed by atoms with Crippen LogP contribution in [0.4, 0.5) is 0 Å². The molecule has 9 nitrogen and oxygen atoms in total. The Morgan fingerprint density at radius 1 is 0.808 bits per heavy atom. The van der Waals surface area contributed by atoms with Crippen LogP contribution in [0, 0.1) is 11.8 Å². The molecular weight excluding hydrogens is 340 g/mol. The van der Waals surface area contributed by atoms with Crippen LogP contribution in [0.3, 0.4) is 0 Å². The van der Waals surface area contributed by atoms with Crippen LogP contribution in [0.25, 0.3) is 0 Å². The van der Waals surface area contributed by atoms with Gasteiger partial charge in [0.2, 0.25) is 17.7 Å². The standard InChI is InChI=1S/C17H32N4O5/c1-8(2)7-12(18)15(23)19-10(5)14(22)21-13(9(3)4)16(24)20-11(6)17(25)26/h8-13H,7,18H2,1-6H3,(H,19,23)(H,20,24)(H,21,22)(H,25,26). The van der Waals surface area contributed by atoms with E-state index in [2.05, 4.69) is 16.0 Å². The predicted octanol–water partition coefficient (Wildman–Crippen LogP) is -0.405. The zero-order valence-electron chi connectivity index (χ0n) is 16.3. The summed E-state index contributed by atoms with van der Waals surface area (Å²) in [5, 5.41) is 16.3. The zero-order valence-corrected chi connectivity index (χ0v) is 16.3. The van der Waals surface area contributed by atoms with Crippen molar-refractivity contribution in [2.45, 2.75) is 72.1 Å². The van der Waals surface area contributed by atoms with Gasteiger partial charge in [0, 0.05) is 0 Å². The second-order valence-corrected chi connectivity index (χ2v) is 7.27. The van der Waals surface area contributed by atoms with E-state index in [4.69, 9.17) is 10.8 Å². The normalized spacial score (nSPS) is 15.7. The van der Waals surface area contributed by atoms with Crippen LogP contribution >= 0.6 is 0 Å². The van der Waals surface area contributed by atoms with E-state index in [0.717, 1.165) is 0 Å². The van der Waals surface area contributed by atoms with Gasteiger partial charge < -0.3 is 26.8 Å². The maximum Gasteiger partial charge on any atom is 0.325 e. The van der Waals surface area contributed by atoms with Crippen LogP contribution < -0.4 is 21.7 Å². The molecule has 0 saturated heterocycles. The van der Waals surface area contributed by atoms with E-state index in [1.807, 2.05) is 13.8 Å². The van der Waals surface area contributed by atoms with Crippen molar-refractivity contribution in [2.75, 3.05) is 0 Å². The highest BCUT2D eigenvalue weighted by molar-refractivity contribution is 5.93. The van der Waals surface area contributed by atoms with E-state index in [0.29, 0.717) is 6.42 Å². The minimum Gasteiger partial charge on any atom is -0.480 e. The molecule has 0 radical (unpaired) electrons. The average Bonchev–Trinajstić information content (AvgIpc) is 2.50. The number of nitrogens with one attached hydrogen (secondary N) is 3. The Morgan fingerprint density at radius 2 is 1.31 bits per heavy atom. The third-order valence-electron chi connectivity index (χ3n) is 3.79. The summed E-state index contributed by atoms with van der Waals surface area (Å²) in [7, 11) is 0. The Balaban J connectivity index is 4.82. The summed E-state index contributed by atoms with van der Waals surface area (Å²) in [5.74, 6) is -2.79. The van der Waals surface area contributed by atoms with Crippen LogP contribution in [-0.2, 0) is 19.2 Å². The number of amides is 3.